The third-order valence-corrected chi connectivity index (χ3v) is 5.63. The van der Waals surface area contributed by atoms with E-state index in [1.807, 2.05) is 0 Å². The zero-order chi connectivity index (χ0) is 25.8. The number of benzene rings is 3. The van der Waals surface area contributed by atoms with Gasteiger partial charge in [-0.1, -0.05) is 48.4 Å². The first-order valence-corrected chi connectivity index (χ1v) is 11.2. The molecule has 0 saturated heterocycles. The van der Waals surface area contributed by atoms with Gasteiger partial charge in [-0.25, -0.2) is 0 Å². The van der Waals surface area contributed by atoms with E-state index < -0.39 is 11.8 Å². The first-order valence-electron chi connectivity index (χ1n) is 11.2. The van der Waals surface area contributed by atoms with Crippen LogP contribution in [0.3, 0.4) is 0 Å². The fourth-order valence-corrected chi connectivity index (χ4v) is 3.88. The van der Waals surface area contributed by atoms with Crippen LogP contribution in [0.1, 0.15) is 15.9 Å². The number of nitrogens with zero attached hydrogens (tertiary/aromatic N) is 3. The minimum atomic E-state index is -0.824. The Hall–Kier alpha value is -5.36. The van der Waals surface area contributed by atoms with Crippen LogP contribution in [0.2, 0.25) is 0 Å². The standard InChI is InChI=1S/C28H20N4O5/c1-2-14-32-22-11-7-6-10-20(22)25(28(32)35)30-31-27(34)21(29-26(33)19-8-4-3-5-9-19)15-18-12-13-23-24(16-18)37-17-36-23/h1,3-13,15-16,35H,14,17H2,(H,29,33). The second-order valence-corrected chi connectivity index (χ2v) is 7.98. The third kappa shape index (κ3) is 4.76. The molecule has 2 heterocycles. The number of hydrogen-bond donors (Lipinski definition) is 2. The minimum absolute atomic E-state index is 0.0935. The van der Waals surface area contributed by atoms with Crippen molar-refractivity contribution in [3.63, 3.8) is 0 Å². The van der Waals surface area contributed by atoms with E-state index in [1.54, 1.807) is 72.8 Å². The lowest BCUT2D eigenvalue weighted by Crippen LogP contribution is -2.26. The fourth-order valence-electron chi connectivity index (χ4n) is 3.88. The van der Waals surface area contributed by atoms with E-state index in [-0.39, 0.29) is 30.6 Å². The highest BCUT2D eigenvalue weighted by atomic mass is 16.7. The third-order valence-electron chi connectivity index (χ3n) is 5.63. The van der Waals surface area contributed by atoms with Gasteiger partial charge in [0, 0.05) is 10.9 Å². The van der Waals surface area contributed by atoms with Crippen LogP contribution >= 0.6 is 0 Å². The summed E-state index contributed by atoms with van der Waals surface area (Å²) >= 11 is 0. The molecular formula is C28H20N4O5. The number of azo groups is 1. The number of aromatic hydroxyl groups is 1. The molecule has 1 aliphatic heterocycles. The topological polar surface area (TPSA) is 115 Å². The Balaban J connectivity index is 1.50. The summed E-state index contributed by atoms with van der Waals surface area (Å²) in [5.41, 5.74) is 1.55. The van der Waals surface area contributed by atoms with Crippen LogP contribution in [0.25, 0.3) is 17.0 Å². The number of carbonyl (C=O) groups excluding carboxylic acids is 2. The lowest BCUT2D eigenvalue weighted by molar-refractivity contribution is -0.115. The molecular weight excluding hydrogens is 472 g/mol. The summed E-state index contributed by atoms with van der Waals surface area (Å²) < 4.78 is 12.2. The smallest absolute Gasteiger partial charge is 0.311 e. The van der Waals surface area contributed by atoms with Gasteiger partial charge in [-0.05, 0) is 42.0 Å². The molecule has 0 bridgehead atoms. The summed E-state index contributed by atoms with van der Waals surface area (Å²) in [4.78, 5) is 26.0. The molecule has 182 valence electrons. The first kappa shape index (κ1) is 23.4. The minimum Gasteiger partial charge on any atom is -0.493 e. The Morgan fingerprint density at radius 2 is 1.81 bits per heavy atom. The van der Waals surface area contributed by atoms with Gasteiger partial charge in [-0.2, -0.15) is 0 Å². The Morgan fingerprint density at radius 1 is 1.05 bits per heavy atom. The maximum atomic E-state index is 13.2. The molecule has 1 aromatic heterocycles. The number of nitrogens with one attached hydrogen (secondary N) is 1. The SMILES string of the molecule is C#CCn1c(O)c(N=NC(=O)C(=Cc2ccc3c(c2)OCO3)NC(=O)c2ccccc2)c2ccccc21. The summed E-state index contributed by atoms with van der Waals surface area (Å²) in [7, 11) is 0. The van der Waals surface area contributed by atoms with E-state index in [2.05, 4.69) is 21.5 Å². The molecule has 0 fully saturated rings. The molecule has 2 amide bonds. The van der Waals surface area contributed by atoms with Gasteiger partial charge in [0.05, 0.1) is 12.1 Å². The molecule has 0 aliphatic carbocycles. The highest BCUT2D eigenvalue weighted by molar-refractivity contribution is 6.05. The van der Waals surface area contributed by atoms with Crippen molar-refractivity contribution in [2.45, 2.75) is 6.54 Å². The van der Waals surface area contributed by atoms with Crippen molar-refractivity contribution < 1.29 is 24.2 Å². The van der Waals surface area contributed by atoms with E-state index >= 15 is 0 Å². The molecule has 4 aromatic rings. The molecule has 0 saturated carbocycles. The summed E-state index contributed by atoms with van der Waals surface area (Å²) in [6, 6.07) is 20.6. The lowest BCUT2D eigenvalue weighted by atomic mass is 10.1. The second kappa shape index (κ2) is 10.1. The van der Waals surface area contributed by atoms with Crippen LogP contribution in [0.5, 0.6) is 17.4 Å². The summed E-state index contributed by atoms with van der Waals surface area (Å²) in [5.74, 6) is 2.04. The van der Waals surface area contributed by atoms with Crippen LogP contribution < -0.4 is 14.8 Å². The average Bonchev–Trinajstić information content (AvgIpc) is 3.49. The van der Waals surface area contributed by atoms with Crippen molar-refractivity contribution in [3.8, 4) is 29.7 Å². The summed E-state index contributed by atoms with van der Waals surface area (Å²) in [5, 5.41) is 21.7. The van der Waals surface area contributed by atoms with Gasteiger partial charge in [-0.15, -0.1) is 16.7 Å². The number of amides is 2. The number of aromatic nitrogens is 1. The molecule has 9 nitrogen and oxygen atoms in total. The Kier molecular flexibility index (Phi) is 6.38. The molecule has 3 aromatic carbocycles. The summed E-state index contributed by atoms with van der Waals surface area (Å²) in [6.45, 7) is 0.211. The Labute approximate surface area is 211 Å². The number of para-hydroxylation sites is 1. The van der Waals surface area contributed by atoms with Crippen LogP contribution in [0, 0.1) is 12.3 Å². The molecule has 2 N–H and O–H groups in total. The van der Waals surface area contributed by atoms with Crippen molar-refractivity contribution in [1.29, 1.82) is 0 Å². The fraction of sp³-hybridized carbons (Fsp3) is 0.0714. The lowest BCUT2D eigenvalue weighted by Gasteiger charge is -2.07. The Morgan fingerprint density at radius 3 is 2.62 bits per heavy atom. The van der Waals surface area contributed by atoms with Crippen molar-refractivity contribution in [3.05, 3.63) is 89.6 Å². The molecule has 0 spiro atoms. The zero-order valence-corrected chi connectivity index (χ0v) is 19.4. The first-order chi connectivity index (χ1) is 18.0. The monoisotopic (exact) mass is 492 g/mol. The van der Waals surface area contributed by atoms with Gasteiger partial charge in [0.25, 0.3) is 5.91 Å². The van der Waals surface area contributed by atoms with E-state index in [1.165, 1.54) is 10.6 Å². The molecule has 0 atom stereocenters. The number of carbonyl (C=O) groups is 2. The van der Waals surface area contributed by atoms with Gasteiger partial charge < -0.3 is 19.9 Å². The van der Waals surface area contributed by atoms with Crippen LogP contribution in [-0.4, -0.2) is 28.3 Å². The van der Waals surface area contributed by atoms with E-state index in [0.29, 0.717) is 33.5 Å². The normalized spacial score (nSPS) is 12.6. The summed E-state index contributed by atoms with van der Waals surface area (Å²) in [6.07, 6.45) is 6.90. The largest absolute Gasteiger partial charge is 0.493 e. The van der Waals surface area contributed by atoms with Crippen molar-refractivity contribution in [2.24, 2.45) is 10.2 Å². The van der Waals surface area contributed by atoms with Gasteiger partial charge in [0.1, 0.15) is 5.70 Å². The molecule has 1 aliphatic rings. The molecule has 0 radical (unpaired) electrons. The Bertz CT molecular complexity index is 1610. The second-order valence-electron chi connectivity index (χ2n) is 7.98. The highest BCUT2D eigenvalue weighted by Crippen LogP contribution is 2.38. The number of rotatable bonds is 6. The number of fused-ring (bicyclic) bond motifs is 2. The van der Waals surface area contributed by atoms with E-state index in [0.717, 1.165) is 0 Å². The highest BCUT2D eigenvalue weighted by Gasteiger charge is 2.19. The molecule has 37 heavy (non-hydrogen) atoms. The zero-order valence-electron chi connectivity index (χ0n) is 19.4. The van der Waals surface area contributed by atoms with E-state index in [9.17, 15) is 14.7 Å². The molecule has 5 rings (SSSR count). The number of terminal acetylenes is 1. The van der Waals surface area contributed by atoms with Crippen molar-refractivity contribution in [1.82, 2.24) is 9.88 Å². The molecule has 0 unspecified atom stereocenters. The van der Waals surface area contributed by atoms with E-state index in [4.69, 9.17) is 15.9 Å². The van der Waals surface area contributed by atoms with Crippen molar-refractivity contribution >= 4 is 34.5 Å². The predicted octanol–water partition coefficient (Wildman–Crippen LogP) is 4.79. The van der Waals surface area contributed by atoms with Gasteiger partial charge in [0.15, 0.2) is 17.2 Å². The maximum Gasteiger partial charge on any atom is 0.311 e. The van der Waals surface area contributed by atoms with Crippen molar-refractivity contribution in [2.75, 3.05) is 6.79 Å². The molecule has 9 heteroatoms. The van der Waals surface area contributed by atoms with Crippen LogP contribution in [0.4, 0.5) is 5.69 Å². The number of ether oxygens (including phenoxy) is 2. The predicted molar refractivity (Wildman–Crippen MR) is 136 cm³/mol. The average molecular weight is 492 g/mol. The van der Waals surface area contributed by atoms with Crippen LogP contribution in [-0.2, 0) is 11.3 Å². The quantitative estimate of drug-likeness (QED) is 0.228. The van der Waals surface area contributed by atoms with Gasteiger partial charge in [0.2, 0.25) is 12.7 Å². The van der Waals surface area contributed by atoms with Gasteiger partial charge in [-0.3, -0.25) is 14.2 Å². The van der Waals surface area contributed by atoms with Gasteiger partial charge >= 0.3 is 5.91 Å². The maximum absolute atomic E-state index is 13.2. The van der Waals surface area contributed by atoms with Crippen LogP contribution in [0.15, 0.2) is 88.7 Å². The number of hydrogen-bond acceptors (Lipinski definition) is 6.